The minimum Gasteiger partial charge on any atom is -0.493 e. The van der Waals surface area contributed by atoms with Gasteiger partial charge in [0.25, 0.3) is 0 Å². The van der Waals surface area contributed by atoms with Gasteiger partial charge in [0, 0.05) is 5.56 Å². The Balaban J connectivity index is 2.08. The van der Waals surface area contributed by atoms with Gasteiger partial charge in [0.05, 0.1) is 19.8 Å². The quantitative estimate of drug-likeness (QED) is 0.796. The molecule has 0 spiro atoms. The molecule has 0 aliphatic rings. The fraction of sp³-hybridized carbons (Fsp3) is 0.125. The smallest absolute Gasteiger partial charge is 0.335 e. The average Bonchev–Trinajstić information content (AvgIpc) is 2.97. The third-order valence-corrected chi connectivity index (χ3v) is 3.27. The molecule has 6 heteroatoms. The molecule has 2 aromatic carbocycles. The van der Waals surface area contributed by atoms with Crippen LogP contribution in [0.2, 0.25) is 0 Å². The third kappa shape index (κ3) is 2.35. The largest absolute Gasteiger partial charge is 0.493 e. The summed E-state index contributed by atoms with van der Waals surface area (Å²) in [6.07, 6.45) is 0. The SMILES string of the molecule is COc1ccc(-c2nc3cc(C(=O)O)ccc3o2)cc1OC. The molecule has 0 saturated carbocycles. The average molecular weight is 299 g/mol. The van der Waals surface area contributed by atoms with E-state index < -0.39 is 5.97 Å². The van der Waals surface area contributed by atoms with Crippen LogP contribution in [0.25, 0.3) is 22.6 Å². The van der Waals surface area contributed by atoms with Gasteiger partial charge in [0.2, 0.25) is 5.89 Å². The number of methoxy groups -OCH3 is 2. The summed E-state index contributed by atoms with van der Waals surface area (Å²) >= 11 is 0. The number of aromatic carboxylic acids is 1. The second-order valence-corrected chi connectivity index (χ2v) is 4.58. The van der Waals surface area contributed by atoms with Gasteiger partial charge in [-0.3, -0.25) is 0 Å². The Kier molecular flexibility index (Phi) is 3.42. The van der Waals surface area contributed by atoms with Crippen molar-refractivity contribution in [1.82, 2.24) is 4.98 Å². The van der Waals surface area contributed by atoms with Crippen molar-refractivity contribution in [3.8, 4) is 23.0 Å². The van der Waals surface area contributed by atoms with Gasteiger partial charge in [0.15, 0.2) is 17.1 Å². The van der Waals surface area contributed by atoms with E-state index in [0.29, 0.717) is 34.1 Å². The first-order chi connectivity index (χ1) is 10.6. The number of oxazole rings is 1. The molecule has 0 saturated heterocycles. The third-order valence-electron chi connectivity index (χ3n) is 3.27. The number of rotatable bonds is 4. The summed E-state index contributed by atoms with van der Waals surface area (Å²) in [5, 5.41) is 9.01. The Morgan fingerprint density at radius 1 is 1.09 bits per heavy atom. The van der Waals surface area contributed by atoms with Crippen LogP contribution < -0.4 is 9.47 Å². The van der Waals surface area contributed by atoms with Crippen molar-refractivity contribution in [2.45, 2.75) is 0 Å². The lowest BCUT2D eigenvalue weighted by atomic mass is 10.2. The van der Waals surface area contributed by atoms with Crippen LogP contribution in [0, 0.1) is 0 Å². The van der Waals surface area contributed by atoms with Crippen molar-refractivity contribution in [3.05, 3.63) is 42.0 Å². The van der Waals surface area contributed by atoms with Gasteiger partial charge in [-0.15, -0.1) is 0 Å². The van der Waals surface area contributed by atoms with Crippen molar-refractivity contribution in [2.75, 3.05) is 14.2 Å². The molecule has 1 N–H and O–H groups in total. The number of hydrogen-bond donors (Lipinski definition) is 1. The topological polar surface area (TPSA) is 81.8 Å². The fourth-order valence-corrected chi connectivity index (χ4v) is 2.15. The van der Waals surface area contributed by atoms with E-state index in [2.05, 4.69) is 4.98 Å². The first-order valence-electron chi connectivity index (χ1n) is 6.48. The Hall–Kier alpha value is -3.02. The number of fused-ring (bicyclic) bond motifs is 1. The van der Waals surface area contributed by atoms with Crippen LogP contribution in [0.3, 0.4) is 0 Å². The molecule has 0 atom stereocenters. The lowest BCUT2D eigenvalue weighted by Crippen LogP contribution is -1.94. The molecule has 0 radical (unpaired) electrons. The van der Waals surface area contributed by atoms with Gasteiger partial charge in [-0.2, -0.15) is 0 Å². The molecular formula is C16H13NO5. The standard InChI is InChI=1S/C16H13NO5/c1-20-13-6-3-9(8-14(13)21-2)15-17-11-7-10(16(18)19)4-5-12(11)22-15/h3-8H,1-2H3,(H,18,19). The van der Waals surface area contributed by atoms with E-state index in [4.69, 9.17) is 19.0 Å². The number of aromatic nitrogens is 1. The van der Waals surface area contributed by atoms with E-state index in [1.807, 2.05) is 0 Å². The molecule has 1 aromatic heterocycles. The number of carbonyl (C=O) groups is 1. The highest BCUT2D eigenvalue weighted by atomic mass is 16.5. The normalized spacial score (nSPS) is 10.6. The summed E-state index contributed by atoms with van der Waals surface area (Å²) < 4.78 is 16.1. The van der Waals surface area contributed by atoms with E-state index >= 15 is 0 Å². The lowest BCUT2D eigenvalue weighted by molar-refractivity contribution is 0.0697. The predicted octanol–water partition coefficient (Wildman–Crippen LogP) is 3.21. The molecule has 0 fully saturated rings. The van der Waals surface area contributed by atoms with Crippen LogP contribution in [-0.4, -0.2) is 30.3 Å². The van der Waals surface area contributed by atoms with Crippen LogP contribution in [0.1, 0.15) is 10.4 Å². The molecule has 1 heterocycles. The van der Waals surface area contributed by atoms with Gasteiger partial charge in [-0.1, -0.05) is 0 Å². The van der Waals surface area contributed by atoms with Crippen LogP contribution in [-0.2, 0) is 0 Å². The minimum absolute atomic E-state index is 0.166. The molecule has 112 valence electrons. The number of ether oxygens (including phenoxy) is 2. The minimum atomic E-state index is -1.00. The molecule has 0 bridgehead atoms. The number of carboxylic acids is 1. The molecule has 0 aliphatic heterocycles. The van der Waals surface area contributed by atoms with Gasteiger partial charge in [-0.05, 0) is 36.4 Å². The molecule has 6 nitrogen and oxygen atoms in total. The zero-order valence-electron chi connectivity index (χ0n) is 12.0. The van der Waals surface area contributed by atoms with Crippen LogP contribution in [0.15, 0.2) is 40.8 Å². The Labute approximate surface area is 125 Å². The Morgan fingerprint density at radius 3 is 2.55 bits per heavy atom. The monoisotopic (exact) mass is 299 g/mol. The second kappa shape index (κ2) is 5.40. The summed E-state index contributed by atoms with van der Waals surface area (Å²) in [7, 11) is 3.11. The summed E-state index contributed by atoms with van der Waals surface area (Å²) in [4.78, 5) is 15.3. The molecular weight excluding hydrogens is 286 g/mol. The summed E-state index contributed by atoms with van der Waals surface area (Å²) in [5.41, 5.74) is 1.89. The Morgan fingerprint density at radius 2 is 1.86 bits per heavy atom. The summed E-state index contributed by atoms with van der Waals surface area (Å²) in [6.45, 7) is 0. The second-order valence-electron chi connectivity index (χ2n) is 4.58. The molecule has 0 unspecified atom stereocenters. The van der Waals surface area contributed by atoms with Gasteiger partial charge in [0.1, 0.15) is 5.52 Å². The maximum absolute atomic E-state index is 11.0. The van der Waals surface area contributed by atoms with Gasteiger partial charge in [-0.25, -0.2) is 9.78 Å². The Bertz CT molecular complexity index is 853. The number of hydrogen-bond acceptors (Lipinski definition) is 5. The summed E-state index contributed by atoms with van der Waals surface area (Å²) in [5.74, 6) is 0.556. The maximum atomic E-state index is 11.0. The van der Waals surface area contributed by atoms with E-state index in [0.717, 1.165) is 0 Å². The first-order valence-corrected chi connectivity index (χ1v) is 6.48. The van der Waals surface area contributed by atoms with Crippen molar-refractivity contribution >= 4 is 17.1 Å². The lowest BCUT2D eigenvalue weighted by Gasteiger charge is -2.07. The van der Waals surface area contributed by atoms with E-state index in [-0.39, 0.29) is 5.56 Å². The van der Waals surface area contributed by atoms with Crippen LogP contribution in [0.4, 0.5) is 0 Å². The fourth-order valence-electron chi connectivity index (χ4n) is 2.15. The number of nitrogens with zero attached hydrogens (tertiary/aromatic N) is 1. The van der Waals surface area contributed by atoms with Gasteiger partial charge >= 0.3 is 5.97 Å². The van der Waals surface area contributed by atoms with Crippen LogP contribution >= 0.6 is 0 Å². The number of benzene rings is 2. The highest BCUT2D eigenvalue weighted by Gasteiger charge is 2.13. The zero-order valence-corrected chi connectivity index (χ0v) is 12.0. The zero-order chi connectivity index (χ0) is 15.7. The maximum Gasteiger partial charge on any atom is 0.335 e. The van der Waals surface area contributed by atoms with E-state index in [9.17, 15) is 4.79 Å². The first kappa shape index (κ1) is 13.9. The molecule has 0 aliphatic carbocycles. The molecule has 3 aromatic rings. The van der Waals surface area contributed by atoms with E-state index in [1.165, 1.54) is 12.1 Å². The molecule has 0 amide bonds. The highest BCUT2D eigenvalue weighted by Crippen LogP contribution is 2.33. The molecule has 22 heavy (non-hydrogen) atoms. The highest BCUT2D eigenvalue weighted by molar-refractivity contribution is 5.92. The van der Waals surface area contributed by atoms with Gasteiger partial charge < -0.3 is 19.0 Å². The van der Waals surface area contributed by atoms with Crippen molar-refractivity contribution in [2.24, 2.45) is 0 Å². The molecule has 3 rings (SSSR count). The van der Waals surface area contributed by atoms with Crippen molar-refractivity contribution < 1.29 is 23.8 Å². The summed E-state index contributed by atoms with van der Waals surface area (Å²) in [6, 6.07) is 9.85. The predicted molar refractivity (Wildman–Crippen MR) is 79.5 cm³/mol. The van der Waals surface area contributed by atoms with Crippen molar-refractivity contribution in [3.63, 3.8) is 0 Å². The van der Waals surface area contributed by atoms with Crippen LogP contribution in [0.5, 0.6) is 11.5 Å². The van der Waals surface area contributed by atoms with Crippen molar-refractivity contribution in [1.29, 1.82) is 0 Å². The van der Waals surface area contributed by atoms with E-state index in [1.54, 1.807) is 38.5 Å². The number of carboxylic acid groups (broad SMARTS) is 1.